The predicted octanol–water partition coefficient (Wildman–Crippen LogP) is 3.28. The normalized spacial score (nSPS) is 14.4. The van der Waals surface area contributed by atoms with E-state index in [1.165, 1.54) is 6.08 Å². The van der Waals surface area contributed by atoms with Crippen LogP contribution < -0.4 is 10.2 Å². The summed E-state index contributed by atoms with van der Waals surface area (Å²) in [5.74, 6) is 0.336. The summed E-state index contributed by atoms with van der Waals surface area (Å²) < 4.78 is 5.54. The number of carbonyl (C=O) groups is 2. The Balaban J connectivity index is 1.32. The topological polar surface area (TPSA) is 75.4 Å². The largest absolute Gasteiger partial charge is 0.437 e. The number of fused-ring (bicyclic) bond motifs is 1. The highest BCUT2D eigenvalue weighted by molar-refractivity contribution is 5.95. The zero-order valence-corrected chi connectivity index (χ0v) is 14.7. The van der Waals surface area contributed by atoms with E-state index in [0.29, 0.717) is 24.4 Å². The molecule has 0 spiro atoms. The molecule has 136 valence electrons. The summed E-state index contributed by atoms with van der Waals surface area (Å²) in [6, 6.07) is 15.1. The highest BCUT2D eigenvalue weighted by Gasteiger charge is 2.21. The van der Waals surface area contributed by atoms with E-state index in [1.54, 1.807) is 11.0 Å². The molecule has 3 aromatic rings. The van der Waals surface area contributed by atoms with Crippen molar-refractivity contribution < 1.29 is 14.0 Å². The lowest BCUT2D eigenvalue weighted by Gasteiger charge is -2.15. The Morgan fingerprint density at radius 2 is 2.00 bits per heavy atom. The van der Waals surface area contributed by atoms with Gasteiger partial charge in [0.1, 0.15) is 5.52 Å². The van der Waals surface area contributed by atoms with Gasteiger partial charge in [0.05, 0.1) is 0 Å². The van der Waals surface area contributed by atoms with Crippen LogP contribution in [0.3, 0.4) is 0 Å². The van der Waals surface area contributed by atoms with Crippen LogP contribution in [0.1, 0.15) is 24.3 Å². The minimum absolute atomic E-state index is 0.167. The molecule has 1 aliphatic heterocycles. The number of para-hydroxylation sites is 2. The summed E-state index contributed by atoms with van der Waals surface area (Å²) in [6.07, 6.45) is 4.48. The lowest BCUT2D eigenvalue weighted by atomic mass is 10.2. The molecule has 1 fully saturated rings. The maximum atomic E-state index is 12.0. The van der Waals surface area contributed by atoms with E-state index in [4.69, 9.17) is 4.42 Å². The van der Waals surface area contributed by atoms with E-state index in [-0.39, 0.29) is 11.8 Å². The van der Waals surface area contributed by atoms with Gasteiger partial charge in [-0.3, -0.25) is 9.59 Å². The number of hydrogen-bond acceptors (Lipinski definition) is 4. The Bertz CT molecular complexity index is 972. The van der Waals surface area contributed by atoms with Gasteiger partial charge in [0.15, 0.2) is 5.58 Å². The Morgan fingerprint density at radius 3 is 2.74 bits per heavy atom. The predicted molar refractivity (Wildman–Crippen MR) is 103 cm³/mol. The molecular weight excluding hydrogens is 342 g/mol. The van der Waals surface area contributed by atoms with E-state index in [9.17, 15) is 9.59 Å². The quantitative estimate of drug-likeness (QED) is 0.708. The second-order valence-electron chi connectivity index (χ2n) is 6.39. The Morgan fingerprint density at radius 1 is 1.19 bits per heavy atom. The molecule has 2 heterocycles. The van der Waals surface area contributed by atoms with Gasteiger partial charge in [0, 0.05) is 37.3 Å². The number of hydrogen-bond donors (Lipinski definition) is 1. The second kappa shape index (κ2) is 7.45. The minimum atomic E-state index is -0.226. The number of oxazole rings is 1. The molecule has 27 heavy (non-hydrogen) atoms. The smallest absolute Gasteiger partial charge is 0.244 e. The number of aromatic nitrogens is 1. The summed E-state index contributed by atoms with van der Waals surface area (Å²) in [5, 5.41) is 2.83. The van der Waals surface area contributed by atoms with Crippen LogP contribution >= 0.6 is 0 Å². The Kier molecular flexibility index (Phi) is 4.70. The molecular formula is C21H19N3O3. The number of rotatable bonds is 5. The molecule has 4 rings (SSSR count). The molecule has 0 aliphatic carbocycles. The number of nitrogens with one attached hydrogen (secondary N) is 1. The van der Waals surface area contributed by atoms with Gasteiger partial charge in [-0.25, -0.2) is 4.98 Å². The van der Waals surface area contributed by atoms with Gasteiger partial charge in [0.25, 0.3) is 0 Å². The van der Waals surface area contributed by atoms with E-state index < -0.39 is 0 Å². The van der Waals surface area contributed by atoms with Crippen LogP contribution in [0.25, 0.3) is 17.2 Å². The van der Waals surface area contributed by atoms with Crippen LogP contribution in [0, 0.1) is 0 Å². The monoisotopic (exact) mass is 361 g/mol. The number of carbonyl (C=O) groups excluding carboxylic acids is 2. The first-order valence-electron chi connectivity index (χ1n) is 8.90. The molecule has 0 saturated carbocycles. The standard InChI is InChI=1S/C21H19N3O3/c25-19(11-12-20-23-17-4-1-2-5-18(17)27-20)22-14-15-7-9-16(10-8-15)24-13-3-6-21(24)26/h1-2,4-5,7-12H,3,6,13-14H2,(H,22,25)/b12-11+. The van der Waals surface area contributed by atoms with Crippen LogP contribution in [0.5, 0.6) is 0 Å². The van der Waals surface area contributed by atoms with Gasteiger partial charge in [-0.15, -0.1) is 0 Å². The molecule has 2 aromatic carbocycles. The average molecular weight is 361 g/mol. The van der Waals surface area contributed by atoms with Gasteiger partial charge < -0.3 is 14.6 Å². The first-order valence-corrected chi connectivity index (χ1v) is 8.90. The molecule has 1 aromatic heterocycles. The summed E-state index contributed by atoms with van der Waals surface area (Å²) in [5.41, 5.74) is 3.32. The molecule has 2 amide bonds. The average Bonchev–Trinajstić information content (AvgIpc) is 3.30. The van der Waals surface area contributed by atoms with Crippen LogP contribution in [0.2, 0.25) is 0 Å². The van der Waals surface area contributed by atoms with Gasteiger partial charge >= 0.3 is 0 Å². The van der Waals surface area contributed by atoms with E-state index in [1.807, 2.05) is 48.5 Å². The summed E-state index contributed by atoms with van der Waals surface area (Å²) >= 11 is 0. The van der Waals surface area contributed by atoms with Gasteiger partial charge in [0.2, 0.25) is 17.7 Å². The molecule has 0 bridgehead atoms. The van der Waals surface area contributed by atoms with Gasteiger partial charge in [-0.2, -0.15) is 0 Å². The SMILES string of the molecule is O=C(/C=C/c1nc2ccccc2o1)NCc1ccc(N2CCCC2=O)cc1. The van der Waals surface area contributed by atoms with Gasteiger partial charge in [-0.1, -0.05) is 24.3 Å². The molecule has 6 nitrogen and oxygen atoms in total. The van der Waals surface area contributed by atoms with Crippen molar-refractivity contribution in [3.05, 3.63) is 66.1 Å². The third kappa shape index (κ3) is 3.89. The van der Waals surface area contributed by atoms with Gasteiger partial charge in [-0.05, 0) is 36.2 Å². The summed E-state index contributed by atoms with van der Waals surface area (Å²) in [4.78, 5) is 29.9. The number of amides is 2. The zero-order chi connectivity index (χ0) is 18.6. The number of anilines is 1. The first kappa shape index (κ1) is 17.0. The third-order valence-electron chi connectivity index (χ3n) is 4.48. The number of benzene rings is 2. The van der Waals surface area contributed by atoms with E-state index in [2.05, 4.69) is 10.3 Å². The summed E-state index contributed by atoms with van der Waals surface area (Å²) in [6.45, 7) is 1.18. The van der Waals surface area contributed by atoms with Crippen molar-refractivity contribution >= 4 is 34.7 Å². The van der Waals surface area contributed by atoms with Crippen molar-refractivity contribution in [1.29, 1.82) is 0 Å². The molecule has 0 unspecified atom stereocenters. The Hall–Kier alpha value is -3.41. The minimum Gasteiger partial charge on any atom is -0.437 e. The van der Waals surface area contributed by atoms with E-state index >= 15 is 0 Å². The fourth-order valence-electron chi connectivity index (χ4n) is 3.07. The summed E-state index contributed by atoms with van der Waals surface area (Å²) in [7, 11) is 0. The Labute approximate surface area is 156 Å². The lowest BCUT2D eigenvalue weighted by Crippen LogP contribution is -2.23. The highest BCUT2D eigenvalue weighted by Crippen LogP contribution is 2.21. The molecule has 1 saturated heterocycles. The second-order valence-corrected chi connectivity index (χ2v) is 6.39. The fourth-order valence-corrected chi connectivity index (χ4v) is 3.07. The maximum Gasteiger partial charge on any atom is 0.244 e. The van der Waals surface area contributed by atoms with Crippen molar-refractivity contribution in [3.63, 3.8) is 0 Å². The molecule has 1 N–H and O–H groups in total. The lowest BCUT2D eigenvalue weighted by molar-refractivity contribution is -0.117. The highest BCUT2D eigenvalue weighted by atomic mass is 16.3. The van der Waals surface area contributed by atoms with Crippen molar-refractivity contribution in [1.82, 2.24) is 10.3 Å². The molecule has 1 aliphatic rings. The fraction of sp³-hybridized carbons (Fsp3) is 0.190. The number of nitrogens with zero attached hydrogens (tertiary/aromatic N) is 2. The maximum absolute atomic E-state index is 12.0. The van der Waals surface area contributed by atoms with E-state index in [0.717, 1.165) is 29.7 Å². The van der Waals surface area contributed by atoms with Crippen molar-refractivity contribution in [2.75, 3.05) is 11.4 Å². The molecule has 6 heteroatoms. The molecule has 0 radical (unpaired) electrons. The van der Waals surface area contributed by atoms with Crippen LogP contribution in [-0.4, -0.2) is 23.3 Å². The van der Waals surface area contributed by atoms with Crippen LogP contribution in [0.15, 0.2) is 59.0 Å². The van der Waals surface area contributed by atoms with Crippen LogP contribution in [-0.2, 0) is 16.1 Å². The van der Waals surface area contributed by atoms with Crippen molar-refractivity contribution in [2.45, 2.75) is 19.4 Å². The van der Waals surface area contributed by atoms with Crippen molar-refractivity contribution in [2.24, 2.45) is 0 Å². The molecule has 0 atom stereocenters. The zero-order valence-electron chi connectivity index (χ0n) is 14.7. The van der Waals surface area contributed by atoms with Crippen molar-refractivity contribution in [3.8, 4) is 0 Å². The first-order chi connectivity index (χ1) is 13.2. The van der Waals surface area contributed by atoms with Crippen LogP contribution in [0.4, 0.5) is 5.69 Å². The third-order valence-corrected chi connectivity index (χ3v) is 4.48.